The quantitative estimate of drug-likeness (QED) is 0.705. The zero-order valence-corrected chi connectivity index (χ0v) is 19.8. The third-order valence-corrected chi connectivity index (χ3v) is 8.33. The molecule has 1 atom stereocenters. The molecule has 33 heavy (non-hydrogen) atoms. The highest BCUT2D eigenvalue weighted by atomic mass is 32.2. The highest BCUT2D eigenvalue weighted by Gasteiger charge is 2.38. The van der Waals surface area contributed by atoms with Crippen molar-refractivity contribution < 1.29 is 18.0 Å². The molecule has 0 aromatic heterocycles. The summed E-state index contributed by atoms with van der Waals surface area (Å²) in [5.41, 5.74) is 2.45. The maximum absolute atomic E-state index is 13.2. The van der Waals surface area contributed by atoms with E-state index in [4.69, 9.17) is 0 Å². The molecular weight excluding hydrogens is 438 g/mol. The standard InChI is InChI=1S/C25H31N3O4S/c1-19(29)28-23-12-11-22(33(31,32)27-15-7-2-3-8-16-27)17-21(23)18-24(28)25(30)26-14-13-20-9-5-4-6-10-20/h4-6,9-12,17,24H,2-3,7-8,13-16,18H2,1H3,(H,26,30)/t24-/m1/s1. The molecule has 0 saturated carbocycles. The van der Waals surface area contributed by atoms with Gasteiger partial charge in [0.2, 0.25) is 21.8 Å². The van der Waals surface area contributed by atoms with Crippen LogP contribution in [0, 0.1) is 0 Å². The Bertz CT molecular complexity index is 1110. The average molecular weight is 470 g/mol. The second-order valence-electron chi connectivity index (χ2n) is 8.74. The lowest BCUT2D eigenvalue weighted by atomic mass is 10.1. The van der Waals surface area contributed by atoms with Crippen LogP contribution in [0.25, 0.3) is 0 Å². The first kappa shape index (κ1) is 23.4. The van der Waals surface area contributed by atoms with Crippen LogP contribution in [0.5, 0.6) is 0 Å². The predicted octanol–water partition coefficient (Wildman–Crippen LogP) is 2.89. The van der Waals surface area contributed by atoms with Gasteiger partial charge < -0.3 is 5.32 Å². The van der Waals surface area contributed by atoms with Crippen molar-refractivity contribution in [2.24, 2.45) is 0 Å². The number of anilines is 1. The van der Waals surface area contributed by atoms with E-state index >= 15 is 0 Å². The number of nitrogens with zero attached hydrogens (tertiary/aromatic N) is 2. The van der Waals surface area contributed by atoms with Gasteiger partial charge in [-0.05, 0) is 48.6 Å². The maximum atomic E-state index is 13.2. The summed E-state index contributed by atoms with van der Waals surface area (Å²) >= 11 is 0. The second kappa shape index (κ2) is 10.1. The van der Waals surface area contributed by atoms with Gasteiger partial charge >= 0.3 is 0 Å². The molecule has 2 aliphatic rings. The molecule has 2 heterocycles. The molecule has 1 fully saturated rings. The molecule has 7 nitrogen and oxygen atoms in total. The van der Waals surface area contributed by atoms with Crippen LogP contribution in [-0.2, 0) is 32.5 Å². The Morgan fingerprint density at radius 2 is 1.70 bits per heavy atom. The minimum absolute atomic E-state index is 0.228. The summed E-state index contributed by atoms with van der Waals surface area (Å²) in [6.45, 7) is 2.97. The van der Waals surface area contributed by atoms with Crippen molar-refractivity contribution >= 4 is 27.5 Å². The summed E-state index contributed by atoms with van der Waals surface area (Å²) in [5, 5.41) is 2.94. The largest absolute Gasteiger partial charge is 0.354 e. The molecule has 2 aromatic rings. The van der Waals surface area contributed by atoms with Gasteiger partial charge in [0.15, 0.2) is 0 Å². The molecule has 0 spiro atoms. The molecule has 0 aliphatic carbocycles. The highest BCUT2D eigenvalue weighted by molar-refractivity contribution is 7.89. The van der Waals surface area contributed by atoms with Crippen molar-refractivity contribution in [1.82, 2.24) is 9.62 Å². The molecule has 2 amide bonds. The van der Waals surface area contributed by atoms with E-state index < -0.39 is 16.1 Å². The predicted molar refractivity (Wildman–Crippen MR) is 127 cm³/mol. The normalized spacial score (nSPS) is 19.1. The monoisotopic (exact) mass is 469 g/mol. The molecule has 1 N–H and O–H groups in total. The maximum Gasteiger partial charge on any atom is 0.243 e. The van der Waals surface area contributed by atoms with Crippen LogP contribution in [-0.4, -0.2) is 50.2 Å². The first-order chi connectivity index (χ1) is 15.9. The summed E-state index contributed by atoms with van der Waals surface area (Å²) in [4.78, 5) is 27.1. The summed E-state index contributed by atoms with van der Waals surface area (Å²) in [6, 6.07) is 14.1. The van der Waals surface area contributed by atoms with Crippen LogP contribution in [0.4, 0.5) is 5.69 Å². The van der Waals surface area contributed by atoms with E-state index in [1.807, 2.05) is 30.3 Å². The van der Waals surface area contributed by atoms with Crippen LogP contribution in [0.1, 0.15) is 43.7 Å². The van der Waals surface area contributed by atoms with Gasteiger partial charge in [0, 0.05) is 38.7 Å². The Balaban J connectivity index is 1.50. The van der Waals surface area contributed by atoms with E-state index in [1.54, 1.807) is 22.5 Å². The molecule has 2 aliphatic heterocycles. The third kappa shape index (κ3) is 5.12. The van der Waals surface area contributed by atoms with Gasteiger partial charge in [0.25, 0.3) is 0 Å². The minimum atomic E-state index is -3.60. The molecule has 176 valence electrons. The Morgan fingerprint density at radius 1 is 1.00 bits per heavy atom. The van der Waals surface area contributed by atoms with E-state index in [-0.39, 0.29) is 16.7 Å². The first-order valence-electron chi connectivity index (χ1n) is 11.6. The van der Waals surface area contributed by atoms with Gasteiger partial charge in [-0.25, -0.2) is 8.42 Å². The van der Waals surface area contributed by atoms with Gasteiger partial charge in [-0.15, -0.1) is 0 Å². The lowest BCUT2D eigenvalue weighted by Gasteiger charge is -2.24. The summed E-state index contributed by atoms with van der Waals surface area (Å²) in [7, 11) is -3.60. The Morgan fingerprint density at radius 3 is 2.36 bits per heavy atom. The number of fused-ring (bicyclic) bond motifs is 1. The summed E-state index contributed by atoms with van der Waals surface area (Å²) < 4.78 is 28.0. The van der Waals surface area contributed by atoms with E-state index in [0.29, 0.717) is 43.7 Å². The minimum Gasteiger partial charge on any atom is -0.354 e. The Labute approximate surface area is 195 Å². The van der Waals surface area contributed by atoms with Crippen molar-refractivity contribution in [2.45, 2.75) is 56.4 Å². The molecule has 8 heteroatoms. The molecular formula is C25H31N3O4S. The molecule has 0 unspecified atom stereocenters. The molecule has 0 bridgehead atoms. The summed E-state index contributed by atoms with van der Waals surface area (Å²) in [5.74, 6) is -0.464. The smallest absolute Gasteiger partial charge is 0.243 e. The molecule has 4 rings (SSSR count). The lowest BCUT2D eigenvalue weighted by molar-refractivity contribution is -0.125. The third-order valence-electron chi connectivity index (χ3n) is 6.44. The van der Waals surface area contributed by atoms with Gasteiger partial charge in [-0.1, -0.05) is 43.2 Å². The Kier molecular flexibility index (Phi) is 7.14. The number of carbonyl (C=O) groups excluding carboxylic acids is 2. The van der Waals surface area contributed by atoms with Crippen LogP contribution >= 0.6 is 0 Å². The van der Waals surface area contributed by atoms with Crippen LogP contribution in [0.2, 0.25) is 0 Å². The number of hydrogen-bond donors (Lipinski definition) is 1. The SMILES string of the molecule is CC(=O)N1c2ccc(S(=O)(=O)N3CCCCCC3)cc2C[C@@H]1C(=O)NCCc1ccccc1. The van der Waals surface area contributed by atoms with Gasteiger partial charge in [0.1, 0.15) is 6.04 Å². The molecule has 1 saturated heterocycles. The number of hydrogen-bond acceptors (Lipinski definition) is 4. The number of nitrogens with one attached hydrogen (secondary N) is 1. The summed E-state index contributed by atoms with van der Waals surface area (Å²) in [6.07, 6.45) is 4.83. The molecule has 0 radical (unpaired) electrons. The zero-order chi connectivity index (χ0) is 23.4. The first-order valence-corrected chi connectivity index (χ1v) is 13.1. The van der Waals surface area contributed by atoms with E-state index in [2.05, 4.69) is 5.32 Å². The number of amides is 2. The van der Waals surface area contributed by atoms with Crippen LogP contribution < -0.4 is 10.2 Å². The van der Waals surface area contributed by atoms with E-state index in [1.165, 1.54) is 11.8 Å². The highest BCUT2D eigenvalue weighted by Crippen LogP contribution is 2.35. The van der Waals surface area contributed by atoms with Crippen LogP contribution in [0.15, 0.2) is 53.4 Å². The van der Waals surface area contributed by atoms with Gasteiger partial charge in [-0.2, -0.15) is 4.31 Å². The van der Waals surface area contributed by atoms with Gasteiger partial charge in [0.05, 0.1) is 4.90 Å². The fraction of sp³-hybridized carbons (Fsp3) is 0.440. The van der Waals surface area contributed by atoms with Crippen molar-refractivity contribution in [3.05, 3.63) is 59.7 Å². The van der Waals surface area contributed by atoms with Gasteiger partial charge in [-0.3, -0.25) is 14.5 Å². The second-order valence-corrected chi connectivity index (χ2v) is 10.7. The van der Waals surface area contributed by atoms with E-state index in [0.717, 1.165) is 31.2 Å². The van der Waals surface area contributed by atoms with E-state index in [9.17, 15) is 18.0 Å². The lowest BCUT2D eigenvalue weighted by Crippen LogP contribution is -2.47. The topological polar surface area (TPSA) is 86.8 Å². The molecule has 2 aromatic carbocycles. The fourth-order valence-electron chi connectivity index (χ4n) is 4.71. The van der Waals surface area contributed by atoms with Crippen molar-refractivity contribution in [1.29, 1.82) is 0 Å². The number of carbonyl (C=O) groups is 2. The van der Waals surface area contributed by atoms with Crippen LogP contribution in [0.3, 0.4) is 0 Å². The van der Waals surface area contributed by atoms with Crippen molar-refractivity contribution in [3.63, 3.8) is 0 Å². The fourth-order valence-corrected chi connectivity index (χ4v) is 6.28. The number of rotatable bonds is 6. The number of benzene rings is 2. The van der Waals surface area contributed by atoms with Crippen molar-refractivity contribution in [3.8, 4) is 0 Å². The average Bonchev–Trinajstić information content (AvgIpc) is 2.97. The Hall–Kier alpha value is -2.71. The number of sulfonamides is 1. The van der Waals surface area contributed by atoms with Crippen molar-refractivity contribution in [2.75, 3.05) is 24.5 Å². The zero-order valence-electron chi connectivity index (χ0n) is 19.0.